The first kappa shape index (κ1) is 25.3. The first-order chi connectivity index (χ1) is 18.2. The highest BCUT2D eigenvalue weighted by atomic mass is 19.3. The van der Waals surface area contributed by atoms with Gasteiger partial charge >= 0.3 is 6.61 Å². The van der Waals surface area contributed by atoms with Gasteiger partial charge in [0.2, 0.25) is 5.95 Å². The molecule has 2 aliphatic heterocycles. The number of fused-ring (bicyclic) bond motifs is 1. The number of halogens is 3. The predicted octanol–water partition coefficient (Wildman–Crippen LogP) is 4.05. The highest BCUT2D eigenvalue weighted by molar-refractivity contribution is 5.99. The summed E-state index contributed by atoms with van der Waals surface area (Å²) in [6.45, 7) is 2.25. The van der Waals surface area contributed by atoms with Crippen LogP contribution in [0.1, 0.15) is 13.8 Å². The first-order valence-corrected chi connectivity index (χ1v) is 11.7. The Bertz CT molecular complexity index is 1350. The molecule has 3 N–H and O–H groups in total. The van der Waals surface area contributed by atoms with Gasteiger partial charge in [-0.3, -0.25) is 4.79 Å². The fourth-order valence-corrected chi connectivity index (χ4v) is 3.88. The molecule has 3 aromatic rings. The zero-order chi connectivity index (χ0) is 26.9. The van der Waals surface area contributed by atoms with Gasteiger partial charge in [0.15, 0.2) is 34.6 Å². The Labute approximate surface area is 215 Å². The second kappa shape index (κ2) is 10.2. The lowest BCUT2D eigenvalue weighted by Gasteiger charge is -2.30. The third-order valence-electron chi connectivity index (χ3n) is 5.78. The topological polar surface area (TPSA) is 123 Å². The first-order valence-electron chi connectivity index (χ1n) is 11.7. The van der Waals surface area contributed by atoms with Crippen molar-refractivity contribution in [3.05, 3.63) is 42.3 Å². The van der Waals surface area contributed by atoms with Crippen molar-refractivity contribution in [2.75, 3.05) is 47.2 Å². The summed E-state index contributed by atoms with van der Waals surface area (Å²) in [5.74, 6) is -0.631. The van der Waals surface area contributed by atoms with Crippen molar-refractivity contribution in [2.45, 2.75) is 26.1 Å². The molecule has 1 fully saturated rings. The summed E-state index contributed by atoms with van der Waals surface area (Å²) in [5, 5.41) is 8.27. The summed E-state index contributed by atoms with van der Waals surface area (Å²) >= 11 is 0. The molecule has 1 saturated heterocycles. The van der Waals surface area contributed by atoms with Crippen LogP contribution in [0.4, 0.5) is 47.9 Å². The maximum atomic E-state index is 14.5. The normalized spacial score (nSPS) is 16.4. The van der Waals surface area contributed by atoms with Crippen LogP contribution in [0.25, 0.3) is 0 Å². The maximum absolute atomic E-state index is 14.5. The number of carbonyl (C=O) groups excluding carboxylic acids is 1. The second-order valence-electron chi connectivity index (χ2n) is 8.91. The number of hydrogen-bond acceptors (Lipinski definition) is 10. The fourth-order valence-electron chi connectivity index (χ4n) is 3.88. The highest BCUT2D eigenvalue weighted by Crippen LogP contribution is 2.35. The van der Waals surface area contributed by atoms with Crippen LogP contribution in [0.5, 0.6) is 11.5 Å². The number of nitrogens with one attached hydrogen (secondary N) is 3. The Kier molecular flexibility index (Phi) is 6.80. The van der Waals surface area contributed by atoms with Crippen molar-refractivity contribution < 1.29 is 32.2 Å². The van der Waals surface area contributed by atoms with E-state index in [2.05, 4.69) is 30.9 Å². The molecule has 1 aromatic carbocycles. The SMILES string of the molecule is CC1(C)Oc2ccc(Nc3nc(Nc4ccc(N5CCOCC5)c(OC(F)F)c4)ncc3F)nc2NC1=O. The Hall–Kier alpha value is -4.33. The van der Waals surface area contributed by atoms with E-state index < -0.39 is 18.0 Å². The van der Waals surface area contributed by atoms with Crippen molar-refractivity contribution in [3.63, 3.8) is 0 Å². The number of carbonyl (C=O) groups is 1. The van der Waals surface area contributed by atoms with Crippen LogP contribution in [0.3, 0.4) is 0 Å². The minimum absolute atomic E-state index is 0.00707. The molecule has 0 radical (unpaired) electrons. The number of anilines is 6. The van der Waals surface area contributed by atoms with E-state index in [4.69, 9.17) is 14.2 Å². The van der Waals surface area contributed by atoms with Crippen LogP contribution in [-0.4, -0.2) is 59.4 Å². The smallest absolute Gasteiger partial charge is 0.387 e. The van der Waals surface area contributed by atoms with E-state index in [1.165, 1.54) is 6.07 Å². The van der Waals surface area contributed by atoms with Crippen LogP contribution in [-0.2, 0) is 9.53 Å². The molecule has 11 nitrogen and oxygen atoms in total. The van der Waals surface area contributed by atoms with Gasteiger partial charge in [0, 0.05) is 24.8 Å². The second-order valence-corrected chi connectivity index (χ2v) is 8.91. The van der Waals surface area contributed by atoms with Crippen LogP contribution >= 0.6 is 0 Å². The average molecular weight is 531 g/mol. The van der Waals surface area contributed by atoms with Gasteiger partial charge < -0.3 is 35.1 Å². The third kappa shape index (κ3) is 5.49. The van der Waals surface area contributed by atoms with Crippen molar-refractivity contribution >= 4 is 40.7 Å². The summed E-state index contributed by atoms with van der Waals surface area (Å²) in [6.07, 6.45) is 0.947. The quantitative estimate of drug-likeness (QED) is 0.412. The van der Waals surface area contributed by atoms with Crippen LogP contribution in [0, 0.1) is 5.82 Å². The van der Waals surface area contributed by atoms with Gasteiger partial charge in [-0.25, -0.2) is 14.4 Å². The Morgan fingerprint density at radius 2 is 1.92 bits per heavy atom. The summed E-state index contributed by atoms with van der Waals surface area (Å²) in [6, 6.07) is 7.82. The van der Waals surface area contributed by atoms with E-state index in [0.29, 0.717) is 43.4 Å². The van der Waals surface area contributed by atoms with E-state index in [-0.39, 0.29) is 35.1 Å². The zero-order valence-electron chi connectivity index (χ0n) is 20.4. The number of hydrogen-bond donors (Lipinski definition) is 3. The third-order valence-corrected chi connectivity index (χ3v) is 5.78. The minimum atomic E-state index is -3.02. The van der Waals surface area contributed by atoms with Gasteiger partial charge in [0.25, 0.3) is 5.91 Å². The van der Waals surface area contributed by atoms with E-state index in [9.17, 15) is 18.0 Å². The van der Waals surface area contributed by atoms with E-state index in [1.54, 1.807) is 38.1 Å². The lowest BCUT2D eigenvalue weighted by molar-refractivity contribution is -0.129. The minimum Gasteiger partial charge on any atom is -0.474 e. The molecule has 1 amide bonds. The van der Waals surface area contributed by atoms with Gasteiger partial charge in [-0.15, -0.1) is 0 Å². The number of benzene rings is 1. The molecule has 5 rings (SSSR count). The molecule has 14 heteroatoms. The lowest BCUT2D eigenvalue weighted by Crippen LogP contribution is -2.46. The number of alkyl halides is 2. The average Bonchev–Trinajstić information content (AvgIpc) is 2.87. The molecular weight excluding hydrogens is 507 g/mol. The summed E-state index contributed by atoms with van der Waals surface area (Å²) in [7, 11) is 0. The lowest BCUT2D eigenvalue weighted by atomic mass is 10.1. The van der Waals surface area contributed by atoms with Crippen molar-refractivity contribution in [1.82, 2.24) is 15.0 Å². The monoisotopic (exact) mass is 531 g/mol. The Morgan fingerprint density at radius 1 is 1.13 bits per heavy atom. The van der Waals surface area contributed by atoms with Crippen molar-refractivity contribution in [2.24, 2.45) is 0 Å². The molecule has 2 aromatic heterocycles. The number of morpholine rings is 1. The highest BCUT2D eigenvalue weighted by Gasteiger charge is 2.36. The van der Waals surface area contributed by atoms with Gasteiger partial charge in [-0.2, -0.15) is 13.8 Å². The number of nitrogens with zero attached hydrogens (tertiary/aromatic N) is 4. The maximum Gasteiger partial charge on any atom is 0.387 e. The molecule has 4 heterocycles. The molecule has 0 saturated carbocycles. The molecule has 0 spiro atoms. The van der Waals surface area contributed by atoms with Gasteiger partial charge in [0.1, 0.15) is 5.82 Å². The van der Waals surface area contributed by atoms with Gasteiger partial charge in [-0.1, -0.05) is 0 Å². The molecule has 0 aliphatic carbocycles. The van der Waals surface area contributed by atoms with Crippen molar-refractivity contribution in [3.8, 4) is 11.5 Å². The molecule has 0 bridgehead atoms. The number of rotatable bonds is 7. The van der Waals surface area contributed by atoms with E-state index in [1.807, 2.05) is 4.90 Å². The van der Waals surface area contributed by atoms with Crippen LogP contribution < -0.4 is 30.3 Å². The fraction of sp³-hybridized carbons (Fsp3) is 0.333. The van der Waals surface area contributed by atoms with Gasteiger partial charge in [-0.05, 0) is 38.1 Å². The number of aromatic nitrogens is 3. The molecule has 0 atom stereocenters. The summed E-state index contributed by atoms with van der Waals surface area (Å²) in [4.78, 5) is 26.4. The Morgan fingerprint density at radius 3 is 2.68 bits per heavy atom. The number of pyridine rings is 1. The number of amides is 1. The molecule has 2 aliphatic rings. The molecule has 38 heavy (non-hydrogen) atoms. The predicted molar refractivity (Wildman–Crippen MR) is 132 cm³/mol. The van der Waals surface area contributed by atoms with Gasteiger partial charge in [0.05, 0.1) is 25.1 Å². The van der Waals surface area contributed by atoms with E-state index >= 15 is 0 Å². The molecule has 200 valence electrons. The standard InChI is InChI=1S/C24H24F3N7O4/c1-24(2)21(35)32-20-16(38-24)5-6-18(31-20)30-19-14(25)12-28-23(33-19)29-13-3-4-15(17(11-13)37-22(26)27)34-7-9-36-10-8-34/h3-6,11-12,22H,7-10H2,1-2H3,(H3,28,29,30,31,32,33,35). The number of ether oxygens (including phenoxy) is 3. The molecule has 0 unspecified atom stereocenters. The Balaban J connectivity index is 1.35. The van der Waals surface area contributed by atoms with Crippen LogP contribution in [0.15, 0.2) is 36.5 Å². The van der Waals surface area contributed by atoms with Crippen LogP contribution in [0.2, 0.25) is 0 Å². The summed E-state index contributed by atoms with van der Waals surface area (Å²) < 4.78 is 56.4. The molecular formula is C24H24F3N7O4. The zero-order valence-corrected chi connectivity index (χ0v) is 20.4. The van der Waals surface area contributed by atoms with E-state index in [0.717, 1.165) is 6.20 Å². The summed E-state index contributed by atoms with van der Waals surface area (Å²) in [5.41, 5.74) is -0.201. The van der Waals surface area contributed by atoms with Crippen molar-refractivity contribution in [1.29, 1.82) is 0 Å². The largest absolute Gasteiger partial charge is 0.474 e.